The molecule has 1 aliphatic carbocycles. The van der Waals surface area contributed by atoms with E-state index in [0.717, 1.165) is 31.7 Å². The van der Waals surface area contributed by atoms with Crippen molar-refractivity contribution in [3.8, 4) is 0 Å². The average Bonchev–Trinajstić information content (AvgIpc) is 2.67. The lowest BCUT2D eigenvalue weighted by molar-refractivity contribution is 0.342. The zero-order chi connectivity index (χ0) is 15.6. The molecule has 1 spiro atoms. The number of rotatable bonds is 1. The van der Waals surface area contributed by atoms with Gasteiger partial charge in [-0.2, -0.15) is 4.99 Å². The van der Waals surface area contributed by atoms with Crippen LogP contribution in [0.4, 0.5) is 14.5 Å². The highest BCUT2D eigenvalue weighted by atomic mass is 19.1. The van der Waals surface area contributed by atoms with Crippen LogP contribution in [-0.4, -0.2) is 17.6 Å². The SMILES string of the molecule is NC1=NC2(CCCCCC2)NC(Nc2ccc(F)cc2F)=N1. The second kappa shape index (κ2) is 5.90. The predicted molar refractivity (Wildman–Crippen MR) is 82.6 cm³/mol. The van der Waals surface area contributed by atoms with Gasteiger partial charge < -0.3 is 16.4 Å². The Hall–Kier alpha value is -2.18. The first-order valence-electron chi connectivity index (χ1n) is 7.51. The maximum absolute atomic E-state index is 13.8. The Kier molecular flexibility index (Phi) is 3.96. The minimum Gasteiger partial charge on any atom is -0.368 e. The molecule has 4 N–H and O–H groups in total. The van der Waals surface area contributed by atoms with Gasteiger partial charge in [0.1, 0.15) is 17.3 Å². The highest BCUT2D eigenvalue weighted by Crippen LogP contribution is 2.30. The van der Waals surface area contributed by atoms with E-state index >= 15 is 0 Å². The van der Waals surface area contributed by atoms with E-state index in [1.165, 1.54) is 25.0 Å². The predicted octanol–water partition coefficient (Wildman–Crippen LogP) is 2.70. The summed E-state index contributed by atoms with van der Waals surface area (Å²) in [6.45, 7) is 0. The zero-order valence-corrected chi connectivity index (χ0v) is 12.2. The van der Waals surface area contributed by atoms with Crippen LogP contribution >= 0.6 is 0 Å². The van der Waals surface area contributed by atoms with Crippen molar-refractivity contribution < 1.29 is 8.78 Å². The maximum Gasteiger partial charge on any atom is 0.220 e. The third-order valence-electron chi connectivity index (χ3n) is 4.02. The molecular formula is C15H19F2N5. The molecule has 1 aromatic carbocycles. The quantitative estimate of drug-likeness (QED) is 0.747. The summed E-state index contributed by atoms with van der Waals surface area (Å²) < 4.78 is 26.7. The maximum atomic E-state index is 13.8. The molecule has 1 aromatic rings. The number of hydrogen-bond acceptors (Lipinski definition) is 5. The second-order valence-corrected chi connectivity index (χ2v) is 5.75. The molecule has 0 atom stereocenters. The molecule has 0 radical (unpaired) electrons. The molecule has 22 heavy (non-hydrogen) atoms. The number of anilines is 1. The summed E-state index contributed by atoms with van der Waals surface area (Å²) in [6, 6.07) is 3.34. The number of guanidine groups is 2. The largest absolute Gasteiger partial charge is 0.368 e. The Balaban J connectivity index is 1.80. The van der Waals surface area contributed by atoms with Gasteiger partial charge in [0.05, 0.1) is 5.69 Å². The van der Waals surface area contributed by atoms with Gasteiger partial charge in [0.25, 0.3) is 0 Å². The van der Waals surface area contributed by atoms with Crippen LogP contribution in [-0.2, 0) is 0 Å². The van der Waals surface area contributed by atoms with Gasteiger partial charge in [-0.1, -0.05) is 12.8 Å². The molecule has 118 valence electrons. The molecule has 7 heteroatoms. The molecular weight excluding hydrogens is 288 g/mol. The standard InChI is InChI=1S/C15H19F2N5/c16-10-5-6-12(11(17)9-10)19-14-20-13(18)21-15(22-14)7-3-1-2-4-8-15/h5-6,9H,1-4,7-8H2,(H4,18,19,20,21,22). The van der Waals surface area contributed by atoms with Crippen molar-refractivity contribution in [1.29, 1.82) is 0 Å². The molecule has 0 aromatic heterocycles. The fourth-order valence-corrected chi connectivity index (χ4v) is 2.96. The summed E-state index contributed by atoms with van der Waals surface area (Å²) in [5.41, 5.74) is 5.50. The minimum atomic E-state index is -0.680. The molecule has 1 heterocycles. The first-order chi connectivity index (χ1) is 10.6. The molecule has 1 fully saturated rings. The Morgan fingerprint density at radius 2 is 1.86 bits per heavy atom. The van der Waals surface area contributed by atoms with Gasteiger partial charge in [0.15, 0.2) is 0 Å². The fraction of sp³-hybridized carbons (Fsp3) is 0.467. The number of nitrogens with two attached hydrogens (primary N) is 1. The summed E-state index contributed by atoms with van der Waals surface area (Å²) in [4.78, 5) is 8.55. The van der Waals surface area contributed by atoms with Gasteiger partial charge in [-0.05, 0) is 37.8 Å². The number of aliphatic imine (C=N–C) groups is 2. The zero-order valence-electron chi connectivity index (χ0n) is 12.2. The third-order valence-corrected chi connectivity index (χ3v) is 4.02. The van der Waals surface area contributed by atoms with Crippen LogP contribution in [0.5, 0.6) is 0 Å². The van der Waals surface area contributed by atoms with Crippen LogP contribution in [0.25, 0.3) is 0 Å². The summed E-state index contributed by atoms with van der Waals surface area (Å²) in [5, 5.41) is 6.08. The van der Waals surface area contributed by atoms with Crippen LogP contribution in [0, 0.1) is 11.6 Å². The van der Waals surface area contributed by atoms with Crippen LogP contribution in [0.1, 0.15) is 38.5 Å². The molecule has 0 bridgehead atoms. The number of halogens is 2. The van der Waals surface area contributed by atoms with E-state index in [0.29, 0.717) is 5.96 Å². The van der Waals surface area contributed by atoms with Crippen molar-refractivity contribution in [3.63, 3.8) is 0 Å². The molecule has 2 aliphatic rings. The highest BCUT2D eigenvalue weighted by molar-refractivity contribution is 6.03. The lowest BCUT2D eigenvalue weighted by atomic mass is 10.0. The summed E-state index contributed by atoms with van der Waals surface area (Å²) >= 11 is 0. The van der Waals surface area contributed by atoms with Crippen LogP contribution in [0.2, 0.25) is 0 Å². The normalized spacial score (nSPS) is 20.6. The van der Waals surface area contributed by atoms with Gasteiger partial charge in [0, 0.05) is 6.07 Å². The topological polar surface area (TPSA) is 74.8 Å². The fourth-order valence-electron chi connectivity index (χ4n) is 2.96. The smallest absolute Gasteiger partial charge is 0.220 e. The van der Waals surface area contributed by atoms with E-state index in [1.54, 1.807) is 0 Å². The van der Waals surface area contributed by atoms with Gasteiger partial charge in [-0.15, -0.1) is 0 Å². The van der Waals surface area contributed by atoms with Crippen LogP contribution in [0.15, 0.2) is 28.2 Å². The van der Waals surface area contributed by atoms with Gasteiger partial charge in [-0.3, -0.25) is 0 Å². The van der Waals surface area contributed by atoms with Crippen LogP contribution in [0.3, 0.4) is 0 Å². The van der Waals surface area contributed by atoms with Crippen molar-refractivity contribution >= 4 is 17.6 Å². The molecule has 0 unspecified atom stereocenters. The lowest BCUT2D eigenvalue weighted by Gasteiger charge is -2.34. The molecule has 1 aliphatic heterocycles. The summed E-state index contributed by atoms with van der Waals surface area (Å²) in [6.07, 6.45) is 6.18. The summed E-state index contributed by atoms with van der Waals surface area (Å²) in [7, 11) is 0. The number of nitrogens with one attached hydrogen (secondary N) is 2. The van der Waals surface area contributed by atoms with Gasteiger partial charge >= 0.3 is 0 Å². The van der Waals surface area contributed by atoms with Crippen LogP contribution < -0.4 is 16.4 Å². The van der Waals surface area contributed by atoms with E-state index in [4.69, 9.17) is 5.73 Å². The van der Waals surface area contributed by atoms with E-state index in [9.17, 15) is 8.78 Å². The first-order valence-corrected chi connectivity index (χ1v) is 7.51. The Morgan fingerprint density at radius 1 is 1.14 bits per heavy atom. The van der Waals surface area contributed by atoms with Gasteiger partial charge in [0.2, 0.25) is 11.9 Å². The van der Waals surface area contributed by atoms with Crippen molar-refractivity contribution in [1.82, 2.24) is 5.32 Å². The molecule has 5 nitrogen and oxygen atoms in total. The second-order valence-electron chi connectivity index (χ2n) is 5.75. The Bertz CT molecular complexity index is 618. The highest BCUT2D eigenvalue weighted by Gasteiger charge is 2.34. The Labute approximate surface area is 127 Å². The lowest BCUT2D eigenvalue weighted by Crippen LogP contribution is -2.53. The third kappa shape index (κ3) is 3.18. The van der Waals surface area contributed by atoms with E-state index in [1.807, 2.05) is 0 Å². The molecule has 1 saturated carbocycles. The summed E-state index contributed by atoms with van der Waals surface area (Å²) in [5.74, 6) is -0.783. The number of nitrogens with zero attached hydrogens (tertiary/aromatic N) is 2. The van der Waals surface area contributed by atoms with Crippen molar-refractivity contribution in [2.75, 3.05) is 5.32 Å². The first kappa shape index (κ1) is 14.7. The number of benzene rings is 1. The van der Waals surface area contributed by atoms with Crippen molar-refractivity contribution in [2.45, 2.75) is 44.2 Å². The van der Waals surface area contributed by atoms with Gasteiger partial charge in [-0.25, -0.2) is 13.8 Å². The molecule has 3 rings (SSSR count). The average molecular weight is 307 g/mol. The molecule has 0 amide bonds. The van der Waals surface area contributed by atoms with E-state index in [-0.39, 0.29) is 11.6 Å². The van der Waals surface area contributed by atoms with E-state index < -0.39 is 17.3 Å². The number of hydrogen-bond donors (Lipinski definition) is 3. The van der Waals surface area contributed by atoms with Crippen molar-refractivity contribution in [3.05, 3.63) is 29.8 Å². The monoisotopic (exact) mass is 307 g/mol. The van der Waals surface area contributed by atoms with E-state index in [2.05, 4.69) is 20.6 Å². The minimum absolute atomic E-state index is 0.145. The van der Waals surface area contributed by atoms with Crippen molar-refractivity contribution in [2.24, 2.45) is 15.7 Å². The molecule has 0 saturated heterocycles. The Morgan fingerprint density at radius 3 is 2.55 bits per heavy atom.